The third-order valence-electron chi connectivity index (χ3n) is 7.53. The smallest absolute Gasteiger partial charge is 0.0861 e. The summed E-state index contributed by atoms with van der Waals surface area (Å²) < 4.78 is 0. The Kier molecular flexibility index (Phi) is 8.65. The summed E-state index contributed by atoms with van der Waals surface area (Å²) in [6.45, 7) is 10.9. The van der Waals surface area contributed by atoms with Crippen LogP contribution in [0.15, 0.2) is 125 Å². The van der Waals surface area contributed by atoms with Crippen LogP contribution in [0.25, 0.3) is 5.57 Å². The quantitative estimate of drug-likeness (QED) is 0.370. The highest BCUT2D eigenvalue weighted by Crippen LogP contribution is 2.46. The maximum absolute atomic E-state index is 2.54. The summed E-state index contributed by atoms with van der Waals surface area (Å²) in [5.74, 6) is 0.425. The third-order valence-corrected chi connectivity index (χ3v) is 7.53. The molecule has 1 heteroatoms. The Morgan fingerprint density at radius 2 is 1.81 bits per heavy atom. The number of allylic oxidation sites excluding steroid dienone is 14. The Morgan fingerprint density at radius 1 is 1.00 bits per heavy atom. The van der Waals surface area contributed by atoms with E-state index < -0.39 is 0 Å². The third kappa shape index (κ3) is 5.57. The second-order valence-corrected chi connectivity index (χ2v) is 10.1. The van der Waals surface area contributed by atoms with Crippen LogP contribution in [0.4, 0.5) is 0 Å². The van der Waals surface area contributed by atoms with Crippen LogP contribution in [0.3, 0.4) is 0 Å². The SMILES string of the molecule is C/C=C\C(C)=C(\c1ccccc1C)C1C2=C(CCC=C2)N1/C=C\C(=C/C)C1\C=C/C=C(C)/C=C\CC1. The molecule has 0 N–H and O–H groups in total. The molecule has 2 aliphatic carbocycles. The largest absolute Gasteiger partial charge is 0.340 e. The number of aryl methyl sites for hydroxylation is 1. The number of benzene rings is 1. The monoisotopic (exact) mass is 475 g/mol. The summed E-state index contributed by atoms with van der Waals surface area (Å²) in [6.07, 6.45) is 32.0. The highest BCUT2D eigenvalue weighted by molar-refractivity contribution is 5.81. The molecule has 0 saturated carbocycles. The van der Waals surface area contributed by atoms with E-state index in [9.17, 15) is 0 Å². The summed E-state index contributed by atoms with van der Waals surface area (Å²) in [5, 5.41) is 0. The summed E-state index contributed by atoms with van der Waals surface area (Å²) in [6, 6.07) is 9.07. The van der Waals surface area contributed by atoms with Gasteiger partial charge in [-0.2, -0.15) is 0 Å². The van der Waals surface area contributed by atoms with Gasteiger partial charge in [-0.05, 0) is 99.8 Å². The van der Waals surface area contributed by atoms with Gasteiger partial charge in [-0.3, -0.25) is 0 Å². The minimum absolute atomic E-state index is 0.243. The molecule has 1 heterocycles. The Bertz CT molecular complexity index is 1230. The molecule has 1 aromatic carbocycles. The first-order chi connectivity index (χ1) is 17.5. The van der Waals surface area contributed by atoms with Gasteiger partial charge in [0.1, 0.15) is 0 Å². The molecule has 4 rings (SSSR count). The van der Waals surface area contributed by atoms with Gasteiger partial charge in [0.15, 0.2) is 0 Å². The molecule has 1 aliphatic heterocycles. The molecule has 3 aliphatic rings. The Morgan fingerprint density at radius 3 is 2.58 bits per heavy atom. The maximum atomic E-state index is 2.54. The molecule has 2 atom stereocenters. The highest BCUT2D eigenvalue weighted by atomic mass is 15.2. The number of rotatable bonds is 6. The van der Waals surface area contributed by atoms with Crippen LogP contribution in [0, 0.1) is 12.8 Å². The van der Waals surface area contributed by atoms with Crippen molar-refractivity contribution in [1.82, 2.24) is 4.90 Å². The zero-order valence-electron chi connectivity index (χ0n) is 22.7. The van der Waals surface area contributed by atoms with E-state index in [0.29, 0.717) is 5.92 Å². The van der Waals surface area contributed by atoms with Gasteiger partial charge in [0.25, 0.3) is 0 Å². The van der Waals surface area contributed by atoms with Gasteiger partial charge in [-0.1, -0.05) is 90.6 Å². The Balaban J connectivity index is 1.71. The van der Waals surface area contributed by atoms with Crippen molar-refractivity contribution in [2.24, 2.45) is 5.92 Å². The zero-order valence-corrected chi connectivity index (χ0v) is 22.7. The fourth-order valence-electron chi connectivity index (χ4n) is 5.61. The summed E-state index contributed by atoms with van der Waals surface area (Å²) in [7, 11) is 0. The lowest BCUT2D eigenvalue weighted by molar-refractivity contribution is 0.353. The van der Waals surface area contributed by atoms with E-state index >= 15 is 0 Å². The van der Waals surface area contributed by atoms with Crippen LogP contribution >= 0.6 is 0 Å². The molecule has 2 unspecified atom stereocenters. The van der Waals surface area contributed by atoms with E-state index in [0.717, 1.165) is 25.7 Å². The van der Waals surface area contributed by atoms with Crippen LogP contribution in [-0.4, -0.2) is 10.9 Å². The average molecular weight is 476 g/mol. The van der Waals surface area contributed by atoms with Crippen molar-refractivity contribution >= 4 is 5.57 Å². The van der Waals surface area contributed by atoms with Crippen molar-refractivity contribution in [1.29, 1.82) is 0 Å². The predicted molar refractivity (Wildman–Crippen MR) is 157 cm³/mol. The second kappa shape index (κ2) is 12.1. The number of hydrogen-bond donors (Lipinski definition) is 0. The van der Waals surface area contributed by atoms with E-state index in [1.165, 1.54) is 44.7 Å². The molecule has 1 nitrogen and oxygen atoms in total. The molecular formula is C35H41N. The molecule has 0 spiro atoms. The van der Waals surface area contributed by atoms with Crippen molar-refractivity contribution in [2.45, 2.75) is 66.3 Å². The van der Waals surface area contributed by atoms with Gasteiger partial charge >= 0.3 is 0 Å². The number of nitrogens with zero attached hydrogens (tertiary/aromatic N) is 1. The molecule has 0 radical (unpaired) electrons. The van der Waals surface area contributed by atoms with E-state index in [1.54, 1.807) is 0 Å². The first-order valence-electron chi connectivity index (χ1n) is 13.5. The molecule has 0 aromatic heterocycles. The van der Waals surface area contributed by atoms with Crippen molar-refractivity contribution < 1.29 is 0 Å². The lowest BCUT2D eigenvalue weighted by atomic mass is 9.78. The van der Waals surface area contributed by atoms with Crippen molar-refractivity contribution in [2.75, 3.05) is 0 Å². The molecule has 186 valence electrons. The van der Waals surface area contributed by atoms with Crippen LogP contribution in [0.2, 0.25) is 0 Å². The van der Waals surface area contributed by atoms with Gasteiger partial charge in [0.2, 0.25) is 0 Å². The molecule has 0 fully saturated rings. The van der Waals surface area contributed by atoms with E-state index in [2.05, 4.69) is 137 Å². The molecule has 0 amide bonds. The molecular weight excluding hydrogens is 434 g/mol. The number of hydrogen-bond acceptors (Lipinski definition) is 1. The zero-order chi connectivity index (χ0) is 25.5. The topological polar surface area (TPSA) is 3.24 Å². The molecule has 0 saturated heterocycles. The first kappa shape index (κ1) is 25.8. The average Bonchev–Trinajstić information content (AvgIpc) is 2.98. The Labute approximate surface area is 219 Å². The van der Waals surface area contributed by atoms with Crippen LogP contribution in [0.5, 0.6) is 0 Å². The van der Waals surface area contributed by atoms with Gasteiger partial charge in [-0.15, -0.1) is 0 Å². The first-order valence-corrected chi connectivity index (χ1v) is 13.5. The Hall–Kier alpha value is -3.32. The standard InChI is InChI=1S/C35H41N/c1-6-15-28(5)34(31-21-11-9-18-27(31)4)35-32-22-12-13-23-33(32)36(35)25-24-29(7-2)30-19-10-8-16-26(3)17-14-20-30/h6-9,11-12,14-18,20-22,24-25,30,35H,10,13,19,23H2,1-5H3/b15-6-,16-8-,20-14-,25-24-,26-17+,29-7+,34-28-. The molecule has 0 bridgehead atoms. The van der Waals surface area contributed by atoms with Crippen LogP contribution in [0.1, 0.15) is 64.5 Å². The molecule has 1 aromatic rings. The van der Waals surface area contributed by atoms with Crippen LogP contribution < -0.4 is 0 Å². The second-order valence-electron chi connectivity index (χ2n) is 10.1. The van der Waals surface area contributed by atoms with Gasteiger partial charge in [0.05, 0.1) is 6.04 Å². The predicted octanol–water partition coefficient (Wildman–Crippen LogP) is 9.56. The van der Waals surface area contributed by atoms with E-state index in [1.807, 2.05) is 0 Å². The summed E-state index contributed by atoms with van der Waals surface area (Å²) in [5.41, 5.74) is 11.1. The lowest BCUT2D eigenvalue weighted by Crippen LogP contribution is -2.44. The minimum atomic E-state index is 0.243. The summed E-state index contributed by atoms with van der Waals surface area (Å²) in [4.78, 5) is 2.54. The van der Waals surface area contributed by atoms with Gasteiger partial charge in [0, 0.05) is 17.8 Å². The fraction of sp³-hybridized carbons (Fsp3) is 0.314. The normalized spacial score (nSPS) is 26.5. The van der Waals surface area contributed by atoms with Crippen LogP contribution in [-0.2, 0) is 0 Å². The van der Waals surface area contributed by atoms with Crippen molar-refractivity contribution in [3.05, 3.63) is 136 Å². The maximum Gasteiger partial charge on any atom is 0.0861 e. The van der Waals surface area contributed by atoms with Crippen molar-refractivity contribution in [3.8, 4) is 0 Å². The highest BCUT2D eigenvalue weighted by Gasteiger charge is 2.39. The fourth-order valence-corrected chi connectivity index (χ4v) is 5.61. The van der Waals surface area contributed by atoms with Gasteiger partial charge in [-0.25, -0.2) is 0 Å². The van der Waals surface area contributed by atoms with Gasteiger partial charge < -0.3 is 4.90 Å². The summed E-state index contributed by atoms with van der Waals surface area (Å²) >= 11 is 0. The van der Waals surface area contributed by atoms with E-state index in [4.69, 9.17) is 0 Å². The van der Waals surface area contributed by atoms with E-state index in [-0.39, 0.29) is 6.04 Å². The van der Waals surface area contributed by atoms with Crippen molar-refractivity contribution in [3.63, 3.8) is 0 Å². The minimum Gasteiger partial charge on any atom is -0.340 e. The molecule has 36 heavy (non-hydrogen) atoms. The lowest BCUT2D eigenvalue weighted by Gasteiger charge is -2.47.